The number of rotatable bonds is 2. The highest BCUT2D eigenvalue weighted by molar-refractivity contribution is 6.11. The highest BCUT2D eigenvalue weighted by atomic mass is 16.1. The molecule has 86 valence electrons. The van der Waals surface area contributed by atoms with Crippen LogP contribution in [0.3, 0.4) is 0 Å². The third-order valence-corrected chi connectivity index (χ3v) is 3.15. The van der Waals surface area contributed by atoms with Gasteiger partial charge >= 0.3 is 0 Å². The third kappa shape index (κ3) is 1.70. The minimum Gasteiger partial charge on any atom is -0.299 e. The van der Waals surface area contributed by atoms with Crippen LogP contribution in [0.2, 0.25) is 0 Å². The molecule has 0 N–H and O–H groups in total. The Morgan fingerprint density at radius 3 is 2.22 bits per heavy atom. The SMILES string of the molecule is O=CC=Cc1cc2ccccc2c2ccccc12. The van der Waals surface area contributed by atoms with Crippen molar-refractivity contribution in [2.75, 3.05) is 0 Å². The van der Waals surface area contributed by atoms with Gasteiger partial charge in [-0.05, 0) is 39.3 Å². The Morgan fingerprint density at radius 1 is 0.778 bits per heavy atom. The van der Waals surface area contributed by atoms with Crippen LogP contribution in [-0.2, 0) is 4.79 Å². The van der Waals surface area contributed by atoms with Crippen LogP contribution < -0.4 is 0 Å². The maximum Gasteiger partial charge on any atom is 0.142 e. The Balaban J connectivity index is 2.46. The number of allylic oxidation sites excluding steroid dienone is 1. The van der Waals surface area contributed by atoms with Crippen LogP contribution in [0.25, 0.3) is 27.6 Å². The van der Waals surface area contributed by atoms with Gasteiger partial charge in [0.15, 0.2) is 0 Å². The summed E-state index contributed by atoms with van der Waals surface area (Å²) in [5, 5.41) is 4.84. The Labute approximate surface area is 105 Å². The average molecular weight is 232 g/mol. The molecule has 0 fully saturated rings. The standard InChI is InChI=1S/C17H12O/c18-11-5-7-14-12-13-6-1-2-8-15(13)17-10-4-3-9-16(14)17/h1-12H. The number of aldehydes is 1. The van der Waals surface area contributed by atoms with E-state index in [-0.39, 0.29) is 0 Å². The summed E-state index contributed by atoms with van der Waals surface area (Å²) in [5.74, 6) is 0. The highest BCUT2D eigenvalue weighted by Crippen LogP contribution is 2.29. The van der Waals surface area contributed by atoms with E-state index < -0.39 is 0 Å². The minimum absolute atomic E-state index is 0.809. The lowest BCUT2D eigenvalue weighted by Crippen LogP contribution is -1.82. The molecular weight excluding hydrogens is 220 g/mol. The number of carbonyl (C=O) groups excluding carboxylic acids is 1. The van der Waals surface area contributed by atoms with E-state index in [0.717, 1.165) is 11.8 Å². The largest absolute Gasteiger partial charge is 0.299 e. The molecule has 0 amide bonds. The molecule has 0 aliphatic heterocycles. The van der Waals surface area contributed by atoms with Crippen LogP contribution >= 0.6 is 0 Å². The van der Waals surface area contributed by atoms with E-state index in [1.54, 1.807) is 0 Å². The Kier molecular flexibility index (Phi) is 2.66. The van der Waals surface area contributed by atoms with E-state index in [1.165, 1.54) is 27.6 Å². The predicted molar refractivity (Wildman–Crippen MR) is 76.6 cm³/mol. The van der Waals surface area contributed by atoms with Crippen molar-refractivity contribution in [3.05, 3.63) is 66.2 Å². The molecule has 3 aromatic carbocycles. The third-order valence-electron chi connectivity index (χ3n) is 3.15. The second-order valence-electron chi connectivity index (χ2n) is 4.23. The van der Waals surface area contributed by atoms with Crippen molar-refractivity contribution in [2.24, 2.45) is 0 Å². The summed E-state index contributed by atoms with van der Waals surface area (Å²) in [7, 11) is 0. The monoisotopic (exact) mass is 232 g/mol. The molecule has 0 atom stereocenters. The van der Waals surface area contributed by atoms with Crippen LogP contribution in [0.5, 0.6) is 0 Å². The molecule has 0 aliphatic rings. The Bertz CT molecular complexity index is 754. The Hall–Kier alpha value is -2.41. The van der Waals surface area contributed by atoms with Gasteiger partial charge < -0.3 is 0 Å². The van der Waals surface area contributed by atoms with Crippen molar-refractivity contribution in [2.45, 2.75) is 0 Å². The van der Waals surface area contributed by atoms with Gasteiger partial charge in [0, 0.05) is 0 Å². The molecule has 3 rings (SSSR count). The van der Waals surface area contributed by atoms with Gasteiger partial charge in [-0.25, -0.2) is 0 Å². The quantitative estimate of drug-likeness (QED) is 0.367. The molecule has 0 saturated heterocycles. The molecule has 0 bridgehead atoms. The second-order valence-corrected chi connectivity index (χ2v) is 4.23. The van der Waals surface area contributed by atoms with Gasteiger partial charge in [0.05, 0.1) is 0 Å². The Morgan fingerprint density at radius 2 is 1.44 bits per heavy atom. The molecule has 3 aromatic rings. The van der Waals surface area contributed by atoms with Crippen molar-refractivity contribution in [3.63, 3.8) is 0 Å². The maximum atomic E-state index is 10.5. The topological polar surface area (TPSA) is 17.1 Å². The summed E-state index contributed by atoms with van der Waals surface area (Å²) in [6.07, 6.45) is 4.21. The fourth-order valence-corrected chi connectivity index (χ4v) is 2.36. The number of hydrogen-bond acceptors (Lipinski definition) is 1. The fourth-order valence-electron chi connectivity index (χ4n) is 2.36. The molecule has 0 spiro atoms. The fraction of sp³-hybridized carbons (Fsp3) is 0. The summed E-state index contributed by atoms with van der Waals surface area (Å²) in [6, 6.07) is 18.7. The van der Waals surface area contributed by atoms with Crippen LogP contribution in [0, 0.1) is 0 Å². The van der Waals surface area contributed by atoms with Crippen LogP contribution in [-0.4, -0.2) is 6.29 Å². The van der Waals surface area contributed by atoms with Crippen molar-refractivity contribution < 1.29 is 4.79 Å². The zero-order valence-corrected chi connectivity index (χ0v) is 9.84. The van der Waals surface area contributed by atoms with Crippen molar-refractivity contribution in [1.82, 2.24) is 0 Å². The first-order valence-electron chi connectivity index (χ1n) is 5.92. The molecule has 0 radical (unpaired) electrons. The summed E-state index contributed by atoms with van der Waals surface area (Å²) in [6.45, 7) is 0. The maximum absolute atomic E-state index is 10.5. The van der Waals surface area contributed by atoms with Crippen molar-refractivity contribution in [3.8, 4) is 0 Å². The second kappa shape index (κ2) is 4.46. The molecule has 1 nitrogen and oxygen atoms in total. The van der Waals surface area contributed by atoms with Gasteiger partial charge in [-0.15, -0.1) is 0 Å². The van der Waals surface area contributed by atoms with E-state index in [2.05, 4.69) is 36.4 Å². The van der Waals surface area contributed by atoms with Gasteiger partial charge in [0.1, 0.15) is 6.29 Å². The minimum atomic E-state index is 0.809. The number of fused-ring (bicyclic) bond motifs is 3. The first-order chi connectivity index (χ1) is 8.90. The van der Waals surface area contributed by atoms with Gasteiger partial charge in [0.25, 0.3) is 0 Å². The van der Waals surface area contributed by atoms with Crippen molar-refractivity contribution in [1.29, 1.82) is 0 Å². The molecule has 0 unspecified atom stereocenters. The highest BCUT2D eigenvalue weighted by Gasteiger charge is 2.03. The predicted octanol–water partition coefficient (Wildman–Crippen LogP) is 4.21. The number of hydrogen-bond donors (Lipinski definition) is 0. The molecule has 18 heavy (non-hydrogen) atoms. The molecular formula is C17H12O. The van der Waals surface area contributed by atoms with E-state index in [1.807, 2.05) is 24.3 Å². The lowest BCUT2D eigenvalue weighted by molar-refractivity contribution is -0.104. The summed E-state index contributed by atoms with van der Waals surface area (Å²) >= 11 is 0. The van der Waals surface area contributed by atoms with Gasteiger partial charge in [0.2, 0.25) is 0 Å². The number of benzene rings is 3. The zero-order chi connectivity index (χ0) is 12.4. The molecule has 0 aliphatic carbocycles. The molecule has 1 heteroatoms. The van der Waals surface area contributed by atoms with Crippen LogP contribution in [0.1, 0.15) is 5.56 Å². The summed E-state index contributed by atoms with van der Waals surface area (Å²) in [5.41, 5.74) is 1.08. The molecule has 0 saturated carbocycles. The first-order valence-corrected chi connectivity index (χ1v) is 5.92. The van der Waals surface area contributed by atoms with Crippen molar-refractivity contribution >= 4 is 33.9 Å². The summed E-state index contributed by atoms with van der Waals surface area (Å²) in [4.78, 5) is 10.5. The molecule has 0 aromatic heterocycles. The van der Waals surface area contributed by atoms with Gasteiger partial charge in [-0.1, -0.05) is 54.6 Å². The smallest absolute Gasteiger partial charge is 0.142 e. The van der Waals surface area contributed by atoms with E-state index in [0.29, 0.717) is 0 Å². The summed E-state index contributed by atoms with van der Waals surface area (Å²) < 4.78 is 0. The normalized spacial score (nSPS) is 11.3. The van der Waals surface area contributed by atoms with Gasteiger partial charge in [-0.2, -0.15) is 0 Å². The lowest BCUT2D eigenvalue weighted by atomic mass is 9.97. The van der Waals surface area contributed by atoms with Crippen LogP contribution in [0.15, 0.2) is 60.7 Å². The van der Waals surface area contributed by atoms with Gasteiger partial charge in [-0.3, -0.25) is 4.79 Å². The zero-order valence-electron chi connectivity index (χ0n) is 9.84. The van der Waals surface area contributed by atoms with E-state index >= 15 is 0 Å². The average Bonchev–Trinajstić information content (AvgIpc) is 2.45. The number of carbonyl (C=O) groups is 1. The van der Waals surface area contributed by atoms with E-state index in [4.69, 9.17) is 0 Å². The first kappa shape index (κ1) is 10.7. The van der Waals surface area contributed by atoms with E-state index in [9.17, 15) is 4.79 Å². The molecule has 0 heterocycles. The van der Waals surface area contributed by atoms with Crippen LogP contribution in [0.4, 0.5) is 0 Å². The lowest BCUT2D eigenvalue weighted by Gasteiger charge is -2.07.